The van der Waals surface area contributed by atoms with Crippen LogP contribution >= 0.6 is 0 Å². The summed E-state index contributed by atoms with van der Waals surface area (Å²) in [6, 6.07) is 74.9. The van der Waals surface area contributed by atoms with Crippen LogP contribution in [0.4, 0.5) is 0 Å². The molecule has 0 aliphatic carbocycles. The van der Waals surface area contributed by atoms with Crippen molar-refractivity contribution in [3.8, 4) is 44.9 Å². The Hall–Kier alpha value is -7.62. The van der Waals surface area contributed by atoms with Crippen molar-refractivity contribution in [2.75, 3.05) is 0 Å². The van der Waals surface area contributed by atoms with Crippen molar-refractivity contribution in [2.45, 2.75) is 0 Å². The first-order valence-electron chi connectivity index (χ1n) is 20.6. The van der Waals surface area contributed by atoms with Gasteiger partial charge in [-0.15, -0.1) is 0 Å². The molecule has 2 aliphatic heterocycles. The molecule has 2 aromatic heterocycles. The average molecular weight is 745 g/mol. The van der Waals surface area contributed by atoms with E-state index in [0.29, 0.717) is 0 Å². The maximum atomic E-state index is 2.65. The summed E-state index contributed by atoms with van der Waals surface area (Å²) in [5, 5.41) is 11.7. The summed E-state index contributed by atoms with van der Waals surface area (Å²) in [6.07, 6.45) is 0. The first-order valence-corrected chi connectivity index (χ1v) is 20.6. The maximum Gasteiger partial charge on any atom is 0.253 e. The predicted octanol–water partition coefficient (Wildman–Crippen LogP) is 12.3. The largest absolute Gasteiger partial charge is 0.310 e. The Kier molecular flexibility index (Phi) is 6.13. The topological polar surface area (TPSA) is 9.86 Å². The Balaban J connectivity index is 1.28. The predicted molar refractivity (Wildman–Crippen MR) is 251 cm³/mol. The summed E-state index contributed by atoms with van der Waals surface area (Å²) in [6.45, 7) is -0.0109. The van der Waals surface area contributed by atoms with Crippen LogP contribution in [0.5, 0.6) is 0 Å². The van der Waals surface area contributed by atoms with Crippen molar-refractivity contribution >= 4 is 88.1 Å². The highest BCUT2D eigenvalue weighted by molar-refractivity contribution is 7.02. The van der Waals surface area contributed by atoms with Crippen molar-refractivity contribution in [2.24, 2.45) is 0 Å². The second kappa shape index (κ2) is 11.5. The molecule has 2 nitrogen and oxygen atoms in total. The van der Waals surface area contributed by atoms with Crippen LogP contribution in [0.3, 0.4) is 0 Å². The first-order chi connectivity index (χ1) is 29.3. The van der Waals surface area contributed by atoms with Crippen LogP contribution in [-0.2, 0) is 0 Å². The fourth-order valence-electron chi connectivity index (χ4n) is 11.1. The zero-order valence-electron chi connectivity index (χ0n) is 32.0. The van der Waals surface area contributed by atoms with E-state index in [0.717, 1.165) is 0 Å². The van der Waals surface area contributed by atoms with Crippen LogP contribution in [0.15, 0.2) is 200 Å². The van der Waals surface area contributed by atoms with E-state index in [1.165, 1.54) is 126 Å². The summed E-state index contributed by atoms with van der Waals surface area (Å²) >= 11 is 0. The van der Waals surface area contributed by atoms with Gasteiger partial charge in [-0.1, -0.05) is 176 Å². The molecule has 12 aromatic rings. The van der Waals surface area contributed by atoms with Crippen LogP contribution in [0.25, 0.3) is 110 Å². The van der Waals surface area contributed by atoms with E-state index in [-0.39, 0.29) is 6.71 Å². The molecular formula is C56H33BN2. The monoisotopic (exact) mass is 744 g/mol. The molecule has 14 rings (SSSR count). The molecule has 0 N–H and O–H groups in total. The van der Waals surface area contributed by atoms with Gasteiger partial charge in [-0.3, -0.25) is 0 Å². The highest BCUT2D eigenvalue weighted by Crippen LogP contribution is 2.48. The molecule has 0 spiro atoms. The number of benzene rings is 10. The van der Waals surface area contributed by atoms with Gasteiger partial charge in [0.05, 0.1) is 22.2 Å². The molecule has 2 aliphatic rings. The van der Waals surface area contributed by atoms with Crippen molar-refractivity contribution < 1.29 is 0 Å². The molecule has 0 saturated carbocycles. The lowest BCUT2D eigenvalue weighted by atomic mass is 9.33. The third-order valence-corrected chi connectivity index (χ3v) is 13.4. The van der Waals surface area contributed by atoms with Gasteiger partial charge in [0, 0.05) is 33.1 Å². The number of aromatic nitrogens is 2. The van der Waals surface area contributed by atoms with E-state index in [1.54, 1.807) is 0 Å². The SMILES string of the molecule is c1ccc(-c2cc3c4c(c2)-n2c5ccc6ccccc6c5c5c6ccccc6cc(c52)B4c2c4ccccc4cc4c(-c5ccccc5)c(-c5ccccc5)n-3c24)cc1. The Morgan fingerprint density at radius 2 is 0.898 bits per heavy atom. The smallest absolute Gasteiger partial charge is 0.253 e. The third-order valence-electron chi connectivity index (χ3n) is 13.4. The second-order valence-electron chi connectivity index (χ2n) is 16.4. The highest BCUT2D eigenvalue weighted by Gasteiger charge is 2.43. The fourth-order valence-corrected chi connectivity index (χ4v) is 11.1. The van der Waals surface area contributed by atoms with Crippen LogP contribution in [-0.4, -0.2) is 15.8 Å². The lowest BCUT2D eigenvalue weighted by Gasteiger charge is -2.35. The Morgan fingerprint density at radius 3 is 1.61 bits per heavy atom. The minimum Gasteiger partial charge on any atom is -0.310 e. The minimum absolute atomic E-state index is 0.0109. The lowest BCUT2D eigenvalue weighted by Crippen LogP contribution is -2.59. The fraction of sp³-hybridized carbons (Fsp3) is 0. The van der Waals surface area contributed by atoms with Crippen molar-refractivity contribution in [3.63, 3.8) is 0 Å². The Bertz CT molecular complexity index is 3760. The highest BCUT2D eigenvalue weighted by atomic mass is 15.0. The average Bonchev–Trinajstić information content (AvgIpc) is 3.84. The van der Waals surface area contributed by atoms with Crippen molar-refractivity contribution in [1.29, 1.82) is 0 Å². The van der Waals surface area contributed by atoms with Gasteiger partial charge in [0.25, 0.3) is 6.71 Å². The van der Waals surface area contributed by atoms with Gasteiger partial charge in [0.2, 0.25) is 0 Å². The maximum absolute atomic E-state index is 2.65. The standard InChI is InChI=1S/C56H33BN2/c1-4-16-34(17-5-1)40-32-47-53-48(33-40)59-54(37-21-8-3-9-22-37)49(36-19-6-2-7-20-36)44-30-38-23-12-15-27-43(38)52(55(44)59)57(53)45-31-39-24-11-14-26-42(39)51-50-41-25-13-10-18-35(41)28-29-46(50)58(47)56(45)51/h1-33H. The van der Waals surface area contributed by atoms with E-state index in [9.17, 15) is 0 Å². The first kappa shape index (κ1) is 31.5. The molecule has 59 heavy (non-hydrogen) atoms. The summed E-state index contributed by atoms with van der Waals surface area (Å²) in [5.41, 5.74) is 17.8. The molecule has 270 valence electrons. The van der Waals surface area contributed by atoms with E-state index in [2.05, 4.69) is 209 Å². The molecule has 0 amide bonds. The van der Waals surface area contributed by atoms with Gasteiger partial charge in [-0.2, -0.15) is 0 Å². The van der Waals surface area contributed by atoms with Crippen molar-refractivity contribution in [1.82, 2.24) is 9.13 Å². The van der Waals surface area contributed by atoms with Crippen molar-refractivity contribution in [3.05, 3.63) is 200 Å². The minimum atomic E-state index is -0.0109. The molecule has 0 atom stereocenters. The van der Waals surface area contributed by atoms with Gasteiger partial charge in [0.15, 0.2) is 0 Å². The molecule has 3 heteroatoms. The number of hydrogen-bond acceptors (Lipinski definition) is 0. The summed E-state index contributed by atoms with van der Waals surface area (Å²) in [4.78, 5) is 0. The van der Waals surface area contributed by atoms with Crippen LogP contribution < -0.4 is 16.4 Å². The van der Waals surface area contributed by atoms with Gasteiger partial charge in [0.1, 0.15) is 0 Å². The van der Waals surface area contributed by atoms with Crippen LogP contribution in [0, 0.1) is 0 Å². The third kappa shape index (κ3) is 4.06. The number of rotatable bonds is 3. The van der Waals surface area contributed by atoms with Gasteiger partial charge in [-0.25, -0.2) is 0 Å². The van der Waals surface area contributed by atoms with E-state index in [1.807, 2.05) is 0 Å². The van der Waals surface area contributed by atoms with Gasteiger partial charge >= 0.3 is 0 Å². The Labute approximate surface area is 340 Å². The van der Waals surface area contributed by atoms with E-state index < -0.39 is 0 Å². The molecule has 0 saturated heterocycles. The summed E-state index contributed by atoms with van der Waals surface area (Å²) < 4.78 is 5.29. The quantitative estimate of drug-likeness (QED) is 0.159. The normalized spacial score (nSPS) is 12.7. The zero-order chi connectivity index (χ0) is 38.3. The summed E-state index contributed by atoms with van der Waals surface area (Å²) in [5.74, 6) is 0. The molecule has 0 fully saturated rings. The number of hydrogen-bond donors (Lipinski definition) is 0. The molecule has 0 unspecified atom stereocenters. The van der Waals surface area contributed by atoms with Gasteiger partial charge in [-0.05, 0) is 95.2 Å². The van der Waals surface area contributed by atoms with E-state index in [4.69, 9.17) is 0 Å². The lowest BCUT2D eigenvalue weighted by molar-refractivity contribution is 1.12. The summed E-state index contributed by atoms with van der Waals surface area (Å²) in [7, 11) is 0. The van der Waals surface area contributed by atoms with Gasteiger partial charge < -0.3 is 9.13 Å². The second-order valence-corrected chi connectivity index (χ2v) is 16.4. The van der Waals surface area contributed by atoms with E-state index >= 15 is 0 Å². The Morgan fingerprint density at radius 1 is 0.339 bits per heavy atom. The zero-order valence-corrected chi connectivity index (χ0v) is 32.0. The molecule has 0 bridgehead atoms. The number of nitrogens with zero attached hydrogens (tertiary/aromatic N) is 2. The number of fused-ring (bicyclic) bond motifs is 13. The molecule has 0 radical (unpaired) electrons. The molecule has 10 aromatic carbocycles. The molecule has 4 heterocycles. The van der Waals surface area contributed by atoms with Crippen LogP contribution in [0.1, 0.15) is 0 Å². The van der Waals surface area contributed by atoms with Crippen LogP contribution in [0.2, 0.25) is 0 Å². The molecular weight excluding hydrogens is 711 g/mol.